The molecule has 1 heterocycles. The van der Waals surface area contributed by atoms with Crippen molar-refractivity contribution in [2.75, 3.05) is 0 Å². The molecule has 1 saturated heterocycles. The van der Waals surface area contributed by atoms with E-state index in [9.17, 15) is 0 Å². The van der Waals surface area contributed by atoms with E-state index in [2.05, 4.69) is 52.4 Å². The molecule has 2 unspecified atom stereocenters. The zero-order valence-electron chi connectivity index (χ0n) is 9.86. The number of nitrogens with one attached hydrogen (secondary N) is 2. The van der Waals surface area contributed by atoms with Crippen LogP contribution in [0.4, 0.5) is 0 Å². The fourth-order valence-electron chi connectivity index (χ4n) is 2.77. The Morgan fingerprint density at radius 2 is 1.69 bits per heavy atom. The Kier molecular flexibility index (Phi) is 2.75. The van der Waals surface area contributed by atoms with Gasteiger partial charge in [0.2, 0.25) is 0 Å². The molecular formula is C11H24N2. The zero-order chi connectivity index (χ0) is 10.3. The molecule has 0 aromatic rings. The molecule has 2 nitrogen and oxygen atoms in total. The van der Waals surface area contributed by atoms with Gasteiger partial charge in [0.05, 0.1) is 0 Å². The molecule has 0 amide bonds. The van der Waals surface area contributed by atoms with Gasteiger partial charge >= 0.3 is 0 Å². The van der Waals surface area contributed by atoms with E-state index in [-0.39, 0.29) is 0 Å². The molecule has 0 saturated carbocycles. The van der Waals surface area contributed by atoms with E-state index in [4.69, 9.17) is 0 Å². The average Bonchev–Trinajstić information content (AvgIpc) is 1.79. The van der Waals surface area contributed by atoms with Crippen LogP contribution in [-0.2, 0) is 0 Å². The topological polar surface area (TPSA) is 24.1 Å². The first-order chi connectivity index (χ1) is 5.73. The minimum absolute atomic E-state index is 0.316. The van der Waals surface area contributed by atoms with Crippen molar-refractivity contribution in [2.45, 2.75) is 60.0 Å². The van der Waals surface area contributed by atoms with Crippen molar-refractivity contribution < 1.29 is 0 Å². The molecule has 2 atom stereocenters. The molecule has 0 aliphatic carbocycles. The summed E-state index contributed by atoms with van der Waals surface area (Å²) < 4.78 is 0. The molecule has 0 bridgehead atoms. The van der Waals surface area contributed by atoms with Gasteiger partial charge in [0.15, 0.2) is 0 Å². The van der Waals surface area contributed by atoms with Gasteiger partial charge in [-0.1, -0.05) is 34.6 Å². The summed E-state index contributed by atoms with van der Waals surface area (Å²) in [6.07, 6.45) is 1.24. The molecule has 2 heteroatoms. The highest BCUT2D eigenvalue weighted by molar-refractivity contribution is 4.96. The van der Waals surface area contributed by atoms with Gasteiger partial charge in [-0.15, -0.1) is 0 Å². The summed E-state index contributed by atoms with van der Waals surface area (Å²) in [4.78, 5) is 0. The summed E-state index contributed by atoms with van der Waals surface area (Å²) in [7, 11) is 0. The van der Waals surface area contributed by atoms with Crippen LogP contribution < -0.4 is 10.9 Å². The van der Waals surface area contributed by atoms with E-state index >= 15 is 0 Å². The maximum atomic E-state index is 3.45. The number of hydrogen-bond donors (Lipinski definition) is 2. The zero-order valence-corrected chi connectivity index (χ0v) is 9.86. The Hall–Kier alpha value is -0.0800. The summed E-state index contributed by atoms with van der Waals surface area (Å²) in [5.74, 6) is 0. The lowest BCUT2D eigenvalue weighted by atomic mass is 9.67. The Balaban J connectivity index is 2.76. The van der Waals surface area contributed by atoms with Crippen LogP contribution in [0.1, 0.15) is 48.0 Å². The van der Waals surface area contributed by atoms with Gasteiger partial charge < -0.3 is 0 Å². The Morgan fingerprint density at radius 3 is 2.08 bits per heavy atom. The molecule has 0 aromatic carbocycles. The van der Waals surface area contributed by atoms with Crippen LogP contribution in [0, 0.1) is 10.8 Å². The molecular weight excluding hydrogens is 160 g/mol. The van der Waals surface area contributed by atoms with Crippen molar-refractivity contribution in [3.05, 3.63) is 0 Å². The molecule has 0 spiro atoms. The first kappa shape index (κ1) is 11.0. The first-order valence-electron chi connectivity index (χ1n) is 5.24. The third kappa shape index (κ3) is 2.44. The summed E-state index contributed by atoms with van der Waals surface area (Å²) in [6, 6.07) is 1.12. The molecule has 1 aliphatic heterocycles. The molecule has 2 N–H and O–H groups in total. The highest BCUT2D eigenvalue weighted by atomic mass is 15.4. The fourth-order valence-corrected chi connectivity index (χ4v) is 2.77. The first-order valence-corrected chi connectivity index (χ1v) is 5.24. The normalized spacial score (nSPS) is 34.6. The van der Waals surface area contributed by atoms with E-state index in [1.54, 1.807) is 0 Å². The molecule has 1 rings (SSSR count). The number of hydrogen-bond acceptors (Lipinski definition) is 2. The van der Waals surface area contributed by atoms with Gasteiger partial charge in [-0.3, -0.25) is 10.9 Å². The number of hydrazine groups is 1. The highest BCUT2D eigenvalue weighted by Crippen LogP contribution is 2.38. The van der Waals surface area contributed by atoms with E-state index in [0.717, 1.165) is 0 Å². The van der Waals surface area contributed by atoms with E-state index in [1.165, 1.54) is 6.42 Å². The summed E-state index contributed by atoms with van der Waals surface area (Å²) in [5, 5.41) is 0. The molecule has 13 heavy (non-hydrogen) atoms. The van der Waals surface area contributed by atoms with Crippen molar-refractivity contribution >= 4 is 0 Å². The maximum Gasteiger partial charge on any atom is 0.0313 e. The minimum Gasteiger partial charge on any atom is -0.255 e. The van der Waals surface area contributed by atoms with Gasteiger partial charge in [0.1, 0.15) is 0 Å². The van der Waals surface area contributed by atoms with E-state index < -0.39 is 0 Å². The molecule has 1 fully saturated rings. The standard InChI is InChI=1S/C11H24N2/c1-8-7-11(5,6)9(13-12-8)10(2,3)4/h8-9,12-13H,7H2,1-6H3. The average molecular weight is 184 g/mol. The predicted molar refractivity (Wildman–Crippen MR) is 57.4 cm³/mol. The van der Waals surface area contributed by atoms with E-state index in [0.29, 0.717) is 22.9 Å². The van der Waals surface area contributed by atoms with Gasteiger partial charge in [0, 0.05) is 12.1 Å². The van der Waals surface area contributed by atoms with Crippen molar-refractivity contribution in [3.8, 4) is 0 Å². The van der Waals surface area contributed by atoms with Crippen LogP contribution in [0.2, 0.25) is 0 Å². The van der Waals surface area contributed by atoms with Crippen LogP contribution in [0.5, 0.6) is 0 Å². The van der Waals surface area contributed by atoms with Gasteiger partial charge in [0.25, 0.3) is 0 Å². The summed E-state index contributed by atoms with van der Waals surface area (Å²) >= 11 is 0. The Labute approximate surface area is 82.5 Å². The van der Waals surface area contributed by atoms with Crippen LogP contribution in [0.15, 0.2) is 0 Å². The predicted octanol–water partition coefficient (Wildman–Crippen LogP) is 2.31. The van der Waals surface area contributed by atoms with Crippen LogP contribution in [-0.4, -0.2) is 12.1 Å². The monoisotopic (exact) mass is 184 g/mol. The molecule has 1 aliphatic rings. The quantitative estimate of drug-likeness (QED) is 0.603. The summed E-state index contributed by atoms with van der Waals surface area (Å²) in [5.41, 5.74) is 7.49. The molecule has 0 aromatic heterocycles. The van der Waals surface area contributed by atoms with Gasteiger partial charge in [-0.05, 0) is 24.2 Å². The smallest absolute Gasteiger partial charge is 0.0313 e. The largest absolute Gasteiger partial charge is 0.255 e. The summed E-state index contributed by atoms with van der Waals surface area (Å²) in [6.45, 7) is 13.8. The lowest BCUT2D eigenvalue weighted by molar-refractivity contribution is 0.0496. The van der Waals surface area contributed by atoms with Crippen LogP contribution in [0.25, 0.3) is 0 Å². The SMILES string of the molecule is CC1CC(C)(C)C(C(C)(C)C)NN1. The lowest BCUT2D eigenvalue weighted by Crippen LogP contribution is -2.63. The third-order valence-electron chi connectivity index (χ3n) is 2.95. The van der Waals surface area contributed by atoms with Crippen LogP contribution in [0.3, 0.4) is 0 Å². The second-order valence-electron chi connectivity index (χ2n) is 6.18. The molecule has 78 valence electrons. The second-order valence-corrected chi connectivity index (χ2v) is 6.18. The third-order valence-corrected chi connectivity index (χ3v) is 2.95. The van der Waals surface area contributed by atoms with E-state index in [1.807, 2.05) is 0 Å². The second kappa shape index (κ2) is 3.25. The van der Waals surface area contributed by atoms with Gasteiger partial charge in [-0.25, -0.2) is 0 Å². The highest BCUT2D eigenvalue weighted by Gasteiger charge is 2.41. The lowest BCUT2D eigenvalue weighted by Gasteiger charge is -2.48. The van der Waals surface area contributed by atoms with Crippen molar-refractivity contribution in [2.24, 2.45) is 10.8 Å². The van der Waals surface area contributed by atoms with Crippen molar-refractivity contribution in [1.29, 1.82) is 0 Å². The Morgan fingerprint density at radius 1 is 1.15 bits per heavy atom. The minimum atomic E-state index is 0.316. The maximum absolute atomic E-state index is 3.45. The molecule has 0 radical (unpaired) electrons. The van der Waals surface area contributed by atoms with Gasteiger partial charge in [-0.2, -0.15) is 0 Å². The van der Waals surface area contributed by atoms with Crippen molar-refractivity contribution in [1.82, 2.24) is 10.9 Å². The fraction of sp³-hybridized carbons (Fsp3) is 1.00. The van der Waals surface area contributed by atoms with Crippen molar-refractivity contribution in [3.63, 3.8) is 0 Å². The Bertz CT molecular complexity index is 179. The number of rotatable bonds is 0. The van der Waals surface area contributed by atoms with Crippen LogP contribution >= 0.6 is 0 Å².